The molecule has 0 saturated heterocycles. The third-order valence-corrected chi connectivity index (χ3v) is 2.53. The SMILES string of the molecule is CCCCC(OCCC)C1CC1. The minimum Gasteiger partial charge on any atom is -0.378 e. The van der Waals surface area contributed by atoms with Crippen LogP contribution in [0, 0.1) is 5.92 Å². The summed E-state index contributed by atoms with van der Waals surface area (Å²) >= 11 is 0. The molecule has 0 bridgehead atoms. The first kappa shape index (κ1) is 10.0. The Morgan fingerprint density at radius 3 is 2.50 bits per heavy atom. The van der Waals surface area contributed by atoms with E-state index in [1.165, 1.54) is 32.1 Å². The normalized spacial score (nSPS) is 19.5. The second-order valence-electron chi connectivity index (χ2n) is 3.89. The van der Waals surface area contributed by atoms with Crippen LogP contribution in [0.15, 0.2) is 0 Å². The van der Waals surface area contributed by atoms with Gasteiger partial charge in [-0.2, -0.15) is 0 Å². The molecule has 1 saturated carbocycles. The molecule has 0 aromatic rings. The molecule has 72 valence electrons. The highest BCUT2D eigenvalue weighted by Crippen LogP contribution is 2.36. The standard InChI is InChI=1S/C11H22O/c1-3-5-6-11(10-7-8-10)12-9-4-2/h10-11H,3-9H2,1-2H3. The van der Waals surface area contributed by atoms with Crippen molar-refractivity contribution in [2.45, 2.75) is 58.5 Å². The largest absolute Gasteiger partial charge is 0.378 e. The molecule has 0 spiro atoms. The van der Waals surface area contributed by atoms with E-state index in [1.54, 1.807) is 0 Å². The van der Waals surface area contributed by atoms with Crippen molar-refractivity contribution >= 4 is 0 Å². The third-order valence-electron chi connectivity index (χ3n) is 2.53. The molecular formula is C11H22O. The van der Waals surface area contributed by atoms with Gasteiger partial charge in [-0.15, -0.1) is 0 Å². The van der Waals surface area contributed by atoms with Gasteiger partial charge in [0.1, 0.15) is 0 Å². The Bertz CT molecular complexity index is 99.6. The Kier molecular flexibility index (Phi) is 4.67. The second-order valence-corrected chi connectivity index (χ2v) is 3.89. The highest BCUT2D eigenvalue weighted by Gasteiger charge is 2.30. The Morgan fingerprint density at radius 1 is 1.25 bits per heavy atom. The van der Waals surface area contributed by atoms with Crippen LogP contribution in [0.1, 0.15) is 52.4 Å². The van der Waals surface area contributed by atoms with Gasteiger partial charge in [0.15, 0.2) is 0 Å². The van der Waals surface area contributed by atoms with Gasteiger partial charge in [0, 0.05) is 6.61 Å². The zero-order valence-electron chi connectivity index (χ0n) is 8.51. The van der Waals surface area contributed by atoms with Gasteiger partial charge in [0.05, 0.1) is 6.10 Å². The molecule has 1 aliphatic rings. The molecule has 0 aromatic heterocycles. The minimum atomic E-state index is 0.602. The summed E-state index contributed by atoms with van der Waals surface area (Å²) in [6.45, 7) is 5.40. The molecule has 0 amide bonds. The van der Waals surface area contributed by atoms with Crippen molar-refractivity contribution in [2.24, 2.45) is 5.92 Å². The Morgan fingerprint density at radius 2 is 2.00 bits per heavy atom. The van der Waals surface area contributed by atoms with Crippen LogP contribution in [0.4, 0.5) is 0 Å². The van der Waals surface area contributed by atoms with E-state index >= 15 is 0 Å². The fourth-order valence-electron chi connectivity index (χ4n) is 1.60. The Hall–Kier alpha value is -0.0400. The molecule has 1 aliphatic carbocycles. The minimum absolute atomic E-state index is 0.602. The van der Waals surface area contributed by atoms with Gasteiger partial charge in [-0.1, -0.05) is 26.7 Å². The van der Waals surface area contributed by atoms with Gasteiger partial charge in [0.2, 0.25) is 0 Å². The average molecular weight is 170 g/mol. The van der Waals surface area contributed by atoms with Crippen LogP contribution < -0.4 is 0 Å². The number of rotatable bonds is 7. The summed E-state index contributed by atoms with van der Waals surface area (Å²) in [6, 6.07) is 0. The summed E-state index contributed by atoms with van der Waals surface area (Å²) in [5.74, 6) is 0.920. The lowest BCUT2D eigenvalue weighted by Crippen LogP contribution is -2.15. The lowest BCUT2D eigenvalue weighted by atomic mass is 10.1. The van der Waals surface area contributed by atoms with E-state index in [-0.39, 0.29) is 0 Å². The molecule has 0 aliphatic heterocycles. The molecule has 0 aromatic carbocycles. The van der Waals surface area contributed by atoms with Crippen molar-refractivity contribution in [3.05, 3.63) is 0 Å². The van der Waals surface area contributed by atoms with E-state index in [2.05, 4.69) is 13.8 Å². The summed E-state index contributed by atoms with van der Waals surface area (Å²) in [5.41, 5.74) is 0. The fraction of sp³-hybridized carbons (Fsp3) is 1.00. The van der Waals surface area contributed by atoms with Crippen LogP contribution >= 0.6 is 0 Å². The predicted molar refractivity (Wildman–Crippen MR) is 52.3 cm³/mol. The monoisotopic (exact) mass is 170 g/mol. The topological polar surface area (TPSA) is 9.23 Å². The average Bonchev–Trinajstić information content (AvgIpc) is 2.88. The molecule has 0 heterocycles. The summed E-state index contributed by atoms with van der Waals surface area (Å²) < 4.78 is 5.82. The van der Waals surface area contributed by atoms with Crippen LogP contribution in [0.2, 0.25) is 0 Å². The van der Waals surface area contributed by atoms with E-state index in [9.17, 15) is 0 Å². The summed E-state index contributed by atoms with van der Waals surface area (Å²) in [7, 11) is 0. The van der Waals surface area contributed by atoms with Crippen molar-refractivity contribution in [2.75, 3.05) is 6.61 Å². The molecule has 1 atom stereocenters. The van der Waals surface area contributed by atoms with Gasteiger partial charge < -0.3 is 4.74 Å². The quantitative estimate of drug-likeness (QED) is 0.569. The summed E-state index contributed by atoms with van der Waals surface area (Å²) in [4.78, 5) is 0. The van der Waals surface area contributed by atoms with Crippen molar-refractivity contribution in [1.29, 1.82) is 0 Å². The maximum Gasteiger partial charge on any atom is 0.0603 e. The van der Waals surface area contributed by atoms with Crippen molar-refractivity contribution < 1.29 is 4.74 Å². The maximum atomic E-state index is 5.82. The zero-order chi connectivity index (χ0) is 8.81. The van der Waals surface area contributed by atoms with Crippen LogP contribution in [-0.4, -0.2) is 12.7 Å². The van der Waals surface area contributed by atoms with Crippen LogP contribution in [0.25, 0.3) is 0 Å². The van der Waals surface area contributed by atoms with Gasteiger partial charge in [-0.05, 0) is 31.6 Å². The van der Waals surface area contributed by atoms with Gasteiger partial charge in [-0.25, -0.2) is 0 Å². The highest BCUT2D eigenvalue weighted by atomic mass is 16.5. The first-order chi connectivity index (χ1) is 5.88. The molecule has 0 N–H and O–H groups in total. The van der Waals surface area contributed by atoms with E-state index < -0.39 is 0 Å². The Balaban J connectivity index is 2.09. The molecule has 1 rings (SSSR count). The lowest BCUT2D eigenvalue weighted by Gasteiger charge is -2.16. The maximum absolute atomic E-state index is 5.82. The Labute approximate surface area is 76.5 Å². The lowest BCUT2D eigenvalue weighted by molar-refractivity contribution is 0.0314. The summed E-state index contributed by atoms with van der Waals surface area (Å²) in [5, 5.41) is 0. The number of unbranched alkanes of at least 4 members (excludes halogenated alkanes) is 1. The first-order valence-electron chi connectivity index (χ1n) is 5.50. The second kappa shape index (κ2) is 5.58. The van der Waals surface area contributed by atoms with Crippen LogP contribution in [0.5, 0.6) is 0 Å². The van der Waals surface area contributed by atoms with E-state index in [1.807, 2.05) is 0 Å². The molecule has 12 heavy (non-hydrogen) atoms. The molecular weight excluding hydrogens is 148 g/mol. The van der Waals surface area contributed by atoms with E-state index in [4.69, 9.17) is 4.74 Å². The summed E-state index contributed by atoms with van der Waals surface area (Å²) in [6.07, 6.45) is 8.53. The van der Waals surface area contributed by atoms with Crippen molar-refractivity contribution in [1.82, 2.24) is 0 Å². The van der Waals surface area contributed by atoms with Crippen molar-refractivity contribution in [3.63, 3.8) is 0 Å². The van der Waals surface area contributed by atoms with Crippen molar-refractivity contribution in [3.8, 4) is 0 Å². The zero-order valence-corrected chi connectivity index (χ0v) is 8.51. The fourth-order valence-corrected chi connectivity index (χ4v) is 1.60. The number of hydrogen-bond acceptors (Lipinski definition) is 1. The molecule has 1 nitrogen and oxygen atoms in total. The first-order valence-corrected chi connectivity index (χ1v) is 5.50. The highest BCUT2D eigenvalue weighted by molar-refractivity contribution is 4.81. The predicted octanol–water partition coefficient (Wildman–Crippen LogP) is 3.38. The van der Waals surface area contributed by atoms with E-state index in [0.29, 0.717) is 6.10 Å². The third kappa shape index (κ3) is 3.57. The smallest absolute Gasteiger partial charge is 0.0603 e. The van der Waals surface area contributed by atoms with Gasteiger partial charge >= 0.3 is 0 Å². The van der Waals surface area contributed by atoms with Gasteiger partial charge in [0.25, 0.3) is 0 Å². The molecule has 0 radical (unpaired) electrons. The van der Waals surface area contributed by atoms with Crippen LogP contribution in [-0.2, 0) is 4.74 Å². The molecule has 1 unspecified atom stereocenters. The molecule has 1 fully saturated rings. The number of hydrogen-bond donors (Lipinski definition) is 0. The van der Waals surface area contributed by atoms with E-state index in [0.717, 1.165) is 18.9 Å². The number of ether oxygens (including phenoxy) is 1. The van der Waals surface area contributed by atoms with Crippen LogP contribution in [0.3, 0.4) is 0 Å². The van der Waals surface area contributed by atoms with Gasteiger partial charge in [-0.3, -0.25) is 0 Å². The molecule has 1 heteroatoms.